The molecule has 37 heavy (non-hydrogen) atoms. The zero-order valence-electron chi connectivity index (χ0n) is 20.6. The summed E-state index contributed by atoms with van der Waals surface area (Å²) in [5.41, 5.74) is 0.579. The summed E-state index contributed by atoms with van der Waals surface area (Å²) < 4.78 is 0. The first-order valence-electron chi connectivity index (χ1n) is 12.0. The normalized spacial score (nSPS) is 17.3. The number of aromatic hydroxyl groups is 1. The van der Waals surface area contributed by atoms with Gasteiger partial charge in [0, 0.05) is 12.8 Å². The number of hydrogen-bond acceptors (Lipinski definition) is 8. The average molecular weight is 539 g/mol. The van der Waals surface area contributed by atoms with Crippen molar-refractivity contribution in [3.63, 3.8) is 0 Å². The maximum Gasteiger partial charge on any atom is 0.326 e. The zero-order valence-corrected chi connectivity index (χ0v) is 21.4. The summed E-state index contributed by atoms with van der Waals surface area (Å²) in [5.74, 6) is -3.81. The molecule has 4 atom stereocenters. The highest BCUT2D eigenvalue weighted by molar-refractivity contribution is 7.98. The van der Waals surface area contributed by atoms with E-state index in [2.05, 4.69) is 21.3 Å². The second-order valence-electron chi connectivity index (χ2n) is 8.76. The van der Waals surface area contributed by atoms with Gasteiger partial charge in [0.15, 0.2) is 0 Å². The van der Waals surface area contributed by atoms with E-state index in [0.717, 1.165) is 6.42 Å². The number of amides is 3. The molecule has 1 aromatic rings. The predicted octanol–water partition coefficient (Wildman–Crippen LogP) is -0.156. The van der Waals surface area contributed by atoms with Crippen LogP contribution in [0, 0.1) is 0 Å². The van der Waals surface area contributed by atoms with Crippen molar-refractivity contribution in [3.05, 3.63) is 29.8 Å². The Balaban J connectivity index is 2.21. The van der Waals surface area contributed by atoms with E-state index >= 15 is 0 Å². The molecule has 0 aromatic heterocycles. The van der Waals surface area contributed by atoms with Crippen LogP contribution in [0.3, 0.4) is 0 Å². The number of phenolic OH excluding ortho intramolecular Hbond substituents is 1. The summed E-state index contributed by atoms with van der Waals surface area (Å²) >= 11 is 1.42. The summed E-state index contributed by atoms with van der Waals surface area (Å²) in [6, 6.07) is 1.83. The summed E-state index contributed by atoms with van der Waals surface area (Å²) in [6.45, 7) is 0.653. The molecule has 0 radical (unpaired) electrons. The smallest absolute Gasteiger partial charge is 0.326 e. The van der Waals surface area contributed by atoms with E-state index in [-0.39, 0.29) is 31.4 Å². The van der Waals surface area contributed by atoms with E-state index in [9.17, 15) is 34.2 Å². The maximum absolute atomic E-state index is 13.2. The van der Waals surface area contributed by atoms with Crippen molar-refractivity contribution in [3.8, 4) is 5.75 Å². The summed E-state index contributed by atoms with van der Waals surface area (Å²) in [4.78, 5) is 61.7. The molecule has 2 rings (SSSR count). The highest BCUT2D eigenvalue weighted by Crippen LogP contribution is 2.13. The monoisotopic (exact) mass is 538 g/mol. The van der Waals surface area contributed by atoms with Crippen molar-refractivity contribution in [1.29, 1.82) is 0 Å². The Kier molecular flexibility index (Phi) is 12.2. The fourth-order valence-corrected chi connectivity index (χ4v) is 4.30. The molecule has 1 aliphatic heterocycles. The molecule has 1 fully saturated rings. The van der Waals surface area contributed by atoms with Crippen LogP contribution in [0.4, 0.5) is 0 Å². The second kappa shape index (κ2) is 15.1. The van der Waals surface area contributed by atoms with Crippen LogP contribution in [0.1, 0.15) is 37.7 Å². The Labute approximate surface area is 219 Å². The van der Waals surface area contributed by atoms with Crippen molar-refractivity contribution in [2.24, 2.45) is 0 Å². The van der Waals surface area contributed by atoms with Crippen LogP contribution < -0.4 is 21.3 Å². The lowest BCUT2D eigenvalue weighted by atomic mass is 10.0. The Morgan fingerprint density at radius 2 is 1.62 bits per heavy atom. The van der Waals surface area contributed by atoms with E-state index in [4.69, 9.17) is 5.11 Å². The maximum atomic E-state index is 13.2. The van der Waals surface area contributed by atoms with Gasteiger partial charge in [-0.3, -0.25) is 19.2 Å². The number of thioether (sulfide) groups is 1. The van der Waals surface area contributed by atoms with Crippen molar-refractivity contribution in [1.82, 2.24) is 21.3 Å². The summed E-state index contributed by atoms with van der Waals surface area (Å²) in [5, 5.41) is 38.7. The van der Waals surface area contributed by atoms with Gasteiger partial charge in [0.2, 0.25) is 17.7 Å². The predicted molar refractivity (Wildman–Crippen MR) is 136 cm³/mol. The molecule has 1 aliphatic rings. The second-order valence-corrected chi connectivity index (χ2v) is 9.74. The number of nitrogens with one attached hydrogen (secondary N) is 4. The third kappa shape index (κ3) is 10.3. The standard InChI is InChI=1S/C24H34N4O8S/c1-37-12-10-18(24(35)36)27-23(34)19(13-14-4-6-15(29)7-5-14)28-22(33)17(8-9-20(30)31)26-21(32)16-3-2-11-25-16/h4-7,16-19,25,29H,2-3,8-13H2,1H3,(H,26,32)(H,27,34)(H,28,33)(H,30,31)(H,35,36). The van der Waals surface area contributed by atoms with Gasteiger partial charge in [0.1, 0.15) is 23.9 Å². The molecule has 1 saturated heterocycles. The van der Waals surface area contributed by atoms with Gasteiger partial charge in [-0.25, -0.2) is 4.79 Å². The van der Waals surface area contributed by atoms with Crippen LogP contribution in [0.5, 0.6) is 5.75 Å². The topological polar surface area (TPSA) is 194 Å². The molecular weight excluding hydrogens is 504 g/mol. The van der Waals surface area contributed by atoms with Gasteiger partial charge in [0.05, 0.1) is 6.04 Å². The largest absolute Gasteiger partial charge is 0.508 e. The lowest BCUT2D eigenvalue weighted by Crippen LogP contribution is -2.57. The number of phenols is 1. The highest BCUT2D eigenvalue weighted by Gasteiger charge is 2.31. The van der Waals surface area contributed by atoms with E-state index in [1.54, 1.807) is 18.4 Å². The first-order chi connectivity index (χ1) is 17.6. The van der Waals surface area contributed by atoms with Crippen molar-refractivity contribution < 1.29 is 39.3 Å². The molecule has 204 valence electrons. The Bertz CT molecular complexity index is 953. The third-order valence-corrected chi connectivity index (χ3v) is 6.53. The van der Waals surface area contributed by atoms with Crippen LogP contribution in [-0.2, 0) is 30.4 Å². The molecular formula is C24H34N4O8S. The first kappa shape index (κ1) is 29.9. The number of carbonyl (C=O) groups is 5. The first-order valence-corrected chi connectivity index (χ1v) is 13.4. The van der Waals surface area contributed by atoms with Crippen molar-refractivity contribution in [2.45, 2.75) is 62.7 Å². The van der Waals surface area contributed by atoms with Gasteiger partial charge in [0.25, 0.3) is 0 Å². The van der Waals surface area contributed by atoms with Crippen LogP contribution in [0.2, 0.25) is 0 Å². The van der Waals surface area contributed by atoms with E-state index in [1.807, 2.05) is 0 Å². The summed E-state index contributed by atoms with van der Waals surface area (Å²) in [7, 11) is 0. The lowest BCUT2D eigenvalue weighted by molar-refractivity contribution is -0.142. The third-order valence-electron chi connectivity index (χ3n) is 5.89. The molecule has 0 spiro atoms. The Morgan fingerprint density at radius 1 is 0.973 bits per heavy atom. The molecule has 1 heterocycles. The Morgan fingerprint density at radius 3 is 2.19 bits per heavy atom. The molecule has 0 bridgehead atoms. The fraction of sp³-hybridized carbons (Fsp3) is 0.542. The van der Waals surface area contributed by atoms with E-state index in [1.165, 1.54) is 23.9 Å². The number of carboxylic acid groups (broad SMARTS) is 2. The van der Waals surface area contributed by atoms with Crippen LogP contribution in [0.15, 0.2) is 24.3 Å². The highest BCUT2D eigenvalue weighted by atomic mass is 32.2. The number of carbonyl (C=O) groups excluding carboxylic acids is 3. The molecule has 12 nitrogen and oxygen atoms in total. The van der Waals surface area contributed by atoms with Crippen molar-refractivity contribution in [2.75, 3.05) is 18.6 Å². The van der Waals surface area contributed by atoms with Gasteiger partial charge < -0.3 is 36.6 Å². The average Bonchev–Trinajstić information content (AvgIpc) is 3.40. The number of carboxylic acids is 2. The van der Waals surface area contributed by atoms with Crippen LogP contribution in [0.25, 0.3) is 0 Å². The Hall–Kier alpha value is -3.32. The molecule has 1 aromatic carbocycles. The minimum atomic E-state index is -1.22. The molecule has 13 heteroatoms. The number of rotatable bonds is 15. The van der Waals surface area contributed by atoms with Gasteiger partial charge in [-0.2, -0.15) is 11.8 Å². The molecule has 3 amide bonds. The summed E-state index contributed by atoms with van der Waals surface area (Å²) in [6.07, 6.45) is 2.74. The quantitative estimate of drug-likeness (QED) is 0.158. The lowest BCUT2D eigenvalue weighted by Gasteiger charge is -2.25. The van der Waals surface area contributed by atoms with Gasteiger partial charge in [-0.15, -0.1) is 0 Å². The molecule has 4 unspecified atom stereocenters. The SMILES string of the molecule is CSCCC(NC(=O)C(Cc1ccc(O)cc1)NC(=O)C(CCC(=O)O)NC(=O)C1CCCN1)C(=O)O. The van der Waals surface area contributed by atoms with E-state index < -0.39 is 53.8 Å². The number of aliphatic carboxylic acids is 2. The zero-order chi connectivity index (χ0) is 27.4. The van der Waals surface area contributed by atoms with Gasteiger partial charge in [-0.1, -0.05) is 12.1 Å². The van der Waals surface area contributed by atoms with E-state index in [0.29, 0.717) is 24.3 Å². The molecule has 7 N–H and O–H groups in total. The molecule has 0 aliphatic carbocycles. The van der Waals surface area contributed by atoms with Gasteiger partial charge in [-0.05, 0) is 61.9 Å². The minimum absolute atomic E-state index is 0.00811. The number of benzene rings is 1. The van der Waals surface area contributed by atoms with Crippen molar-refractivity contribution >= 4 is 41.4 Å². The minimum Gasteiger partial charge on any atom is -0.508 e. The van der Waals surface area contributed by atoms with Crippen LogP contribution in [-0.4, -0.2) is 87.7 Å². The fourth-order valence-electron chi connectivity index (χ4n) is 3.83. The van der Waals surface area contributed by atoms with Gasteiger partial charge >= 0.3 is 11.9 Å². The van der Waals surface area contributed by atoms with Crippen LogP contribution >= 0.6 is 11.8 Å². The number of hydrogen-bond donors (Lipinski definition) is 7. The molecule has 0 saturated carbocycles.